The van der Waals surface area contributed by atoms with Gasteiger partial charge in [0.2, 0.25) is 0 Å². The maximum absolute atomic E-state index is 13.9. The van der Waals surface area contributed by atoms with Gasteiger partial charge >= 0.3 is 5.97 Å². The second kappa shape index (κ2) is 14.3. The number of halogens is 1. The summed E-state index contributed by atoms with van der Waals surface area (Å²) in [4.78, 5) is 43.6. The first-order valence-electron chi connectivity index (χ1n) is 12.9. The Morgan fingerprint density at radius 3 is 2.69 bits per heavy atom. The summed E-state index contributed by atoms with van der Waals surface area (Å²) < 4.78 is 22.4. The molecule has 3 atom stereocenters. The average molecular weight is 567 g/mol. The fourth-order valence-electron chi connectivity index (χ4n) is 4.55. The molecule has 1 heterocycles. The van der Waals surface area contributed by atoms with E-state index in [1.165, 1.54) is 26.2 Å². The Bertz CT molecular complexity index is 1120. The number of benzene rings is 1. The molecule has 0 amide bonds. The lowest BCUT2D eigenvalue weighted by atomic mass is 9.79. The van der Waals surface area contributed by atoms with Gasteiger partial charge in [0.05, 0.1) is 30.1 Å². The lowest BCUT2D eigenvalue weighted by molar-refractivity contribution is -0.165. The third-order valence-electron chi connectivity index (χ3n) is 6.56. The molecule has 0 saturated carbocycles. The van der Waals surface area contributed by atoms with E-state index in [2.05, 4.69) is 5.16 Å². The Kier molecular flexibility index (Phi) is 11.1. The van der Waals surface area contributed by atoms with Crippen molar-refractivity contribution in [2.75, 3.05) is 26.9 Å². The molecule has 1 aliphatic carbocycles. The molecule has 0 aromatic heterocycles. The normalized spacial score (nSPS) is 23.7. The van der Waals surface area contributed by atoms with Crippen LogP contribution in [0.2, 0.25) is 5.02 Å². The van der Waals surface area contributed by atoms with Gasteiger partial charge in [0.1, 0.15) is 29.5 Å². The summed E-state index contributed by atoms with van der Waals surface area (Å²) in [5.41, 5.74) is 4.96. The summed E-state index contributed by atoms with van der Waals surface area (Å²) >= 11 is 6.33. The van der Waals surface area contributed by atoms with Gasteiger partial charge in [0.15, 0.2) is 17.9 Å². The number of allylic oxidation sites excluding steroid dienone is 2. The van der Waals surface area contributed by atoms with E-state index < -0.39 is 28.4 Å². The van der Waals surface area contributed by atoms with E-state index in [0.29, 0.717) is 25.2 Å². The highest BCUT2D eigenvalue weighted by Crippen LogP contribution is 2.42. The van der Waals surface area contributed by atoms with E-state index in [4.69, 9.17) is 41.1 Å². The Hall–Kier alpha value is -3.15. The number of phenols is 1. The van der Waals surface area contributed by atoms with Crippen molar-refractivity contribution in [2.24, 2.45) is 22.7 Å². The zero-order valence-electron chi connectivity index (χ0n) is 22.4. The monoisotopic (exact) mass is 566 g/mol. The van der Waals surface area contributed by atoms with Crippen LogP contribution >= 0.6 is 11.6 Å². The SMILES string of the molecule is CO/C1=C/C(=O)C[C@@H](C)[C@H](C(=O)c2c(OCCOC3CCCCO3)cc(C(=O)O/N=C(/C)N)c(Cl)c2O)CC1. The van der Waals surface area contributed by atoms with E-state index in [-0.39, 0.29) is 60.3 Å². The number of amidine groups is 1. The van der Waals surface area contributed by atoms with Crippen LogP contribution in [0.4, 0.5) is 0 Å². The van der Waals surface area contributed by atoms with Crippen molar-refractivity contribution < 1.29 is 43.3 Å². The highest BCUT2D eigenvalue weighted by molar-refractivity contribution is 6.36. The minimum Gasteiger partial charge on any atom is -0.505 e. The zero-order valence-corrected chi connectivity index (χ0v) is 23.1. The molecule has 0 bridgehead atoms. The molecule has 1 saturated heterocycles. The fourth-order valence-corrected chi connectivity index (χ4v) is 4.77. The second-order valence-corrected chi connectivity index (χ2v) is 9.94. The molecule has 0 radical (unpaired) electrons. The van der Waals surface area contributed by atoms with Crippen LogP contribution in [-0.4, -0.2) is 61.7 Å². The zero-order chi connectivity index (χ0) is 28.5. The number of methoxy groups -OCH3 is 1. The van der Waals surface area contributed by atoms with E-state index >= 15 is 0 Å². The molecule has 2 aliphatic rings. The molecule has 12 heteroatoms. The van der Waals surface area contributed by atoms with E-state index in [9.17, 15) is 19.5 Å². The number of ketones is 2. The predicted octanol–water partition coefficient (Wildman–Crippen LogP) is 4.13. The number of hydrogen-bond acceptors (Lipinski definition) is 10. The molecule has 1 aromatic rings. The van der Waals surface area contributed by atoms with Crippen molar-refractivity contribution in [3.63, 3.8) is 0 Å². The number of Topliss-reactive ketones (excluding diaryl/α,β-unsaturated/α-hetero) is 1. The Balaban J connectivity index is 1.92. The van der Waals surface area contributed by atoms with E-state index in [0.717, 1.165) is 19.3 Å². The summed E-state index contributed by atoms with van der Waals surface area (Å²) in [5.74, 6) is -2.91. The van der Waals surface area contributed by atoms with Crippen molar-refractivity contribution >= 4 is 35.0 Å². The molecular formula is C27H35ClN2O9. The number of hydrogen-bond donors (Lipinski definition) is 2. The van der Waals surface area contributed by atoms with Crippen LogP contribution in [0.5, 0.6) is 11.5 Å². The van der Waals surface area contributed by atoms with Crippen LogP contribution in [0.1, 0.15) is 73.1 Å². The van der Waals surface area contributed by atoms with Crippen LogP contribution in [0.25, 0.3) is 0 Å². The molecule has 214 valence electrons. The average Bonchev–Trinajstić information content (AvgIpc) is 2.90. The second-order valence-electron chi connectivity index (χ2n) is 9.56. The first-order chi connectivity index (χ1) is 18.6. The van der Waals surface area contributed by atoms with Gasteiger partial charge in [-0.25, -0.2) is 4.79 Å². The number of nitrogens with zero attached hydrogens (tertiary/aromatic N) is 1. The van der Waals surface area contributed by atoms with Crippen LogP contribution in [0, 0.1) is 11.8 Å². The number of ether oxygens (including phenoxy) is 4. The van der Waals surface area contributed by atoms with Crippen LogP contribution in [-0.2, 0) is 23.8 Å². The predicted molar refractivity (Wildman–Crippen MR) is 142 cm³/mol. The van der Waals surface area contributed by atoms with Crippen molar-refractivity contribution in [2.45, 2.75) is 58.7 Å². The van der Waals surface area contributed by atoms with Crippen molar-refractivity contribution in [3.05, 3.63) is 34.1 Å². The van der Waals surface area contributed by atoms with E-state index in [1.807, 2.05) is 0 Å². The number of phenolic OH excluding ortho intramolecular Hbond substituents is 1. The standard InChI is InChI=1S/C27H35ClN2O9/c1-15-12-17(31)13-18(35-3)7-8-19(15)25(32)23-21(36-10-11-38-22-6-4-5-9-37-22)14-20(24(28)26(23)33)27(34)39-30-16(2)29/h13-15,19,22,33H,4-12H2,1-3H3,(H2,29,30)/b18-13+/t15-,19-,22?/m1/s1. The molecule has 39 heavy (non-hydrogen) atoms. The van der Waals surface area contributed by atoms with Gasteiger partial charge in [0.25, 0.3) is 0 Å². The minimum absolute atomic E-state index is 0.00802. The molecule has 0 spiro atoms. The molecule has 1 aromatic carbocycles. The van der Waals surface area contributed by atoms with Gasteiger partial charge in [-0.15, -0.1) is 0 Å². The van der Waals surface area contributed by atoms with Gasteiger partial charge in [-0.2, -0.15) is 0 Å². The van der Waals surface area contributed by atoms with Crippen LogP contribution in [0.3, 0.4) is 0 Å². The lowest BCUT2D eigenvalue weighted by Crippen LogP contribution is -2.27. The Morgan fingerprint density at radius 1 is 1.26 bits per heavy atom. The minimum atomic E-state index is -1.00. The Labute approximate surface area is 232 Å². The van der Waals surface area contributed by atoms with Gasteiger partial charge in [-0.1, -0.05) is 23.7 Å². The number of nitrogens with two attached hydrogens (primary N) is 1. The topological polar surface area (TPSA) is 156 Å². The smallest absolute Gasteiger partial charge is 0.367 e. The highest BCUT2D eigenvalue weighted by Gasteiger charge is 2.35. The molecular weight excluding hydrogens is 532 g/mol. The van der Waals surface area contributed by atoms with Gasteiger partial charge in [-0.3, -0.25) is 9.59 Å². The third kappa shape index (κ3) is 8.17. The first-order valence-corrected chi connectivity index (χ1v) is 13.2. The Morgan fingerprint density at radius 2 is 2.03 bits per heavy atom. The number of oxime groups is 1. The number of carbonyl (C=O) groups is 3. The summed E-state index contributed by atoms with van der Waals surface area (Å²) in [5, 5.41) is 14.1. The number of carbonyl (C=O) groups excluding carboxylic acids is 3. The van der Waals surface area contributed by atoms with Gasteiger partial charge in [0, 0.05) is 31.4 Å². The summed E-state index contributed by atoms with van der Waals surface area (Å²) in [7, 11) is 1.47. The maximum atomic E-state index is 13.9. The van der Waals surface area contributed by atoms with Gasteiger partial charge < -0.3 is 34.6 Å². The van der Waals surface area contributed by atoms with Crippen molar-refractivity contribution in [3.8, 4) is 11.5 Å². The van der Waals surface area contributed by atoms with Gasteiger partial charge in [-0.05, 0) is 44.6 Å². The van der Waals surface area contributed by atoms with E-state index in [1.54, 1.807) is 6.92 Å². The summed E-state index contributed by atoms with van der Waals surface area (Å²) in [6, 6.07) is 1.22. The fraction of sp³-hybridized carbons (Fsp3) is 0.556. The lowest BCUT2D eigenvalue weighted by Gasteiger charge is -2.26. The molecule has 3 N–H and O–H groups in total. The number of aromatic hydroxyl groups is 1. The van der Waals surface area contributed by atoms with Crippen molar-refractivity contribution in [1.82, 2.24) is 0 Å². The largest absolute Gasteiger partial charge is 0.505 e. The quantitative estimate of drug-likeness (QED) is 0.105. The molecule has 3 rings (SSSR count). The highest BCUT2D eigenvalue weighted by atomic mass is 35.5. The first kappa shape index (κ1) is 30.4. The van der Waals surface area contributed by atoms with Crippen molar-refractivity contribution in [1.29, 1.82) is 0 Å². The molecule has 1 unspecified atom stereocenters. The summed E-state index contributed by atoms with van der Waals surface area (Å²) in [6.45, 7) is 3.96. The third-order valence-corrected chi connectivity index (χ3v) is 6.94. The van der Waals surface area contributed by atoms with Crippen LogP contribution in [0.15, 0.2) is 23.1 Å². The summed E-state index contributed by atoms with van der Waals surface area (Å²) in [6.07, 6.45) is 4.66. The van der Waals surface area contributed by atoms with Crippen LogP contribution < -0.4 is 10.5 Å². The molecule has 1 aliphatic heterocycles. The number of rotatable bonds is 10. The molecule has 11 nitrogen and oxygen atoms in total. The maximum Gasteiger partial charge on any atom is 0.367 e. The molecule has 1 fully saturated rings.